The van der Waals surface area contributed by atoms with E-state index in [1.54, 1.807) is 14.2 Å². The molecule has 120 valence electrons. The fraction of sp³-hybridized carbons (Fsp3) is 0.200. The fourth-order valence-corrected chi connectivity index (χ4v) is 2.35. The third-order valence-electron chi connectivity index (χ3n) is 3.65. The van der Waals surface area contributed by atoms with Gasteiger partial charge in [-0.3, -0.25) is 0 Å². The van der Waals surface area contributed by atoms with Gasteiger partial charge in [0.15, 0.2) is 0 Å². The van der Waals surface area contributed by atoms with E-state index >= 15 is 0 Å². The molecule has 0 amide bonds. The van der Waals surface area contributed by atoms with Gasteiger partial charge in [-0.2, -0.15) is 0 Å². The predicted molar refractivity (Wildman–Crippen MR) is 89.9 cm³/mol. The molecule has 0 heterocycles. The summed E-state index contributed by atoms with van der Waals surface area (Å²) in [4.78, 5) is 0. The number of hydrogen-bond donors (Lipinski definition) is 0. The van der Waals surface area contributed by atoms with Crippen molar-refractivity contribution in [2.75, 3.05) is 14.2 Å². The van der Waals surface area contributed by atoms with E-state index in [0.717, 1.165) is 11.5 Å². The summed E-state index contributed by atoms with van der Waals surface area (Å²) >= 11 is 0. The van der Waals surface area contributed by atoms with Gasteiger partial charge in [-0.15, -0.1) is 0 Å². The molecule has 0 spiro atoms. The molecule has 0 unspecified atom stereocenters. The topological polar surface area (TPSA) is 18.5 Å². The second kappa shape index (κ2) is 11.0. The quantitative estimate of drug-likeness (QED) is 0.757. The number of ether oxygens (including phenoxy) is 2. The zero-order valence-electron chi connectivity index (χ0n) is 13.7. The Morgan fingerprint density at radius 2 is 1.35 bits per heavy atom. The van der Waals surface area contributed by atoms with Gasteiger partial charge in [-0.05, 0) is 81.3 Å². The second-order valence-corrected chi connectivity index (χ2v) is 5.01. The van der Waals surface area contributed by atoms with Crippen molar-refractivity contribution in [1.82, 2.24) is 0 Å². The Hall–Kier alpha value is -0.661. The van der Waals surface area contributed by atoms with Crippen molar-refractivity contribution in [1.29, 1.82) is 0 Å². The van der Waals surface area contributed by atoms with Crippen LogP contribution in [0.4, 0.5) is 0 Å². The van der Waals surface area contributed by atoms with Gasteiger partial charge in [-0.1, -0.05) is 13.0 Å². The normalized spacial score (nSPS) is 18.6. The largest absolute Gasteiger partial charge is 2.00 e. The van der Waals surface area contributed by atoms with Crippen LogP contribution in [0.15, 0.2) is 18.2 Å². The molecule has 2 saturated carbocycles. The van der Waals surface area contributed by atoms with E-state index in [9.17, 15) is 0 Å². The fourth-order valence-electron chi connectivity index (χ4n) is 2.35. The van der Waals surface area contributed by atoms with E-state index in [1.807, 2.05) is 44.2 Å². The molecule has 23 heavy (non-hydrogen) atoms. The van der Waals surface area contributed by atoms with Gasteiger partial charge in [0.2, 0.25) is 0 Å². The van der Waals surface area contributed by atoms with Gasteiger partial charge in [-0.25, -0.2) is 0 Å². The van der Waals surface area contributed by atoms with Crippen LogP contribution in [0.1, 0.15) is 18.4 Å². The Kier molecular flexibility index (Phi) is 9.74. The predicted octanol–water partition coefficient (Wildman–Crippen LogP) is 4.23. The summed E-state index contributed by atoms with van der Waals surface area (Å²) in [6, 6.07) is 5.96. The molecule has 0 aromatic heterocycles. The Labute approximate surface area is 152 Å². The first kappa shape index (κ1) is 20.4. The van der Waals surface area contributed by atoms with E-state index in [1.165, 1.54) is 11.5 Å². The average molecular weight is 350 g/mol. The number of hydrogen-bond acceptors (Lipinski definition) is 2. The molecule has 1 atom stereocenters. The van der Waals surface area contributed by atoms with Gasteiger partial charge in [0.1, 0.15) is 11.5 Å². The first-order valence-corrected chi connectivity index (χ1v) is 7.36. The van der Waals surface area contributed by atoms with E-state index in [4.69, 9.17) is 9.47 Å². The van der Waals surface area contributed by atoms with Crippen LogP contribution < -0.4 is 9.47 Å². The van der Waals surface area contributed by atoms with Crippen molar-refractivity contribution in [3.63, 3.8) is 0 Å². The van der Waals surface area contributed by atoms with E-state index in [0.29, 0.717) is 5.92 Å². The van der Waals surface area contributed by atoms with Crippen LogP contribution in [0.3, 0.4) is 0 Å². The van der Waals surface area contributed by atoms with Crippen molar-refractivity contribution >= 4 is 0 Å². The van der Waals surface area contributed by atoms with Gasteiger partial charge < -0.3 is 9.47 Å². The molecule has 2 fully saturated rings. The van der Waals surface area contributed by atoms with Crippen molar-refractivity contribution in [2.24, 2.45) is 0 Å². The SMILES string of the molecule is COc1ccc([C@@H](C)[C]2[CH][CH][CH][CH]2)c(OC)c1.[CH]1[CH][CH][CH][CH]1.[Fe+2]. The summed E-state index contributed by atoms with van der Waals surface area (Å²) in [6.45, 7) is 2.18. The standard InChI is InChI=1S/C15H17O2.C5H5.Fe/c1-11(12-6-4-5-7-12)14-9-8-13(16-2)10-15(14)17-3;1-2-4-5-3-1;/h4-11H,1-3H3;1-5H;/q;;+2/t11-;;/m0../s1. The van der Waals surface area contributed by atoms with Crippen LogP contribution in [0.5, 0.6) is 11.5 Å². The zero-order valence-corrected chi connectivity index (χ0v) is 14.8. The van der Waals surface area contributed by atoms with Crippen LogP contribution >= 0.6 is 0 Å². The minimum atomic E-state index is 0. The van der Waals surface area contributed by atoms with Gasteiger partial charge in [0.05, 0.1) is 14.2 Å². The molecule has 3 heteroatoms. The van der Waals surface area contributed by atoms with E-state index < -0.39 is 0 Å². The van der Waals surface area contributed by atoms with Crippen molar-refractivity contribution < 1.29 is 26.5 Å². The Bertz CT molecular complexity index is 430. The monoisotopic (exact) mass is 350 g/mol. The van der Waals surface area contributed by atoms with Gasteiger partial charge in [0.25, 0.3) is 0 Å². The first-order valence-electron chi connectivity index (χ1n) is 7.36. The van der Waals surface area contributed by atoms with Crippen molar-refractivity contribution in [3.8, 4) is 11.5 Å². The molecule has 10 radical (unpaired) electrons. The molecule has 0 bridgehead atoms. The van der Waals surface area contributed by atoms with E-state index in [-0.39, 0.29) is 17.1 Å². The molecule has 1 aromatic carbocycles. The molecular weight excluding hydrogens is 328 g/mol. The summed E-state index contributed by atoms with van der Waals surface area (Å²) in [7, 11) is 3.35. The zero-order chi connectivity index (χ0) is 15.8. The van der Waals surface area contributed by atoms with Crippen LogP contribution in [0, 0.1) is 63.7 Å². The van der Waals surface area contributed by atoms with Crippen LogP contribution in [-0.4, -0.2) is 14.2 Å². The molecule has 3 rings (SSSR count). The van der Waals surface area contributed by atoms with Gasteiger partial charge in [0, 0.05) is 6.07 Å². The minimum Gasteiger partial charge on any atom is -0.497 e. The third kappa shape index (κ3) is 6.04. The molecule has 2 aliphatic carbocycles. The van der Waals surface area contributed by atoms with Crippen LogP contribution in [0.2, 0.25) is 0 Å². The Balaban J connectivity index is 0.000000377. The number of methoxy groups -OCH3 is 2. The average Bonchev–Trinajstić information content (AvgIpc) is 3.28. The Morgan fingerprint density at radius 3 is 1.83 bits per heavy atom. The summed E-state index contributed by atoms with van der Waals surface area (Å²) in [5.74, 6) is 3.32. The molecule has 2 nitrogen and oxygen atoms in total. The molecule has 2 aliphatic rings. The third-order valence-corrected chi connectivity index (χ3v) is 3.65. The van der Waals surface area contributed by atoms with Gasteiger partial charge >= 0.3 is 17.1 Å². The molecule has 0 saturated heterocycles. The summed E-state index contributed by atoms with van der Waals surface area (Å²) < 4.78 is 10.6. The summed E-state index contributed by atoms with van der Waals surface area (Å²) in [6.07, 6.45) is 18.4. The van der Waals surface area contributed by atoms with Crippen molar-refractivity contribution in [2.45, 2.75) is 12.8 Å². The Morgan fingerprint density at radius 1 is 0.783 bits per heavy atom. The maximum absolute atomic E-state index is 5.43. The summed E-state index contributed by atoms with van der Waals surface area (Å²) in [5, 5.41) is 0. The van der Waals surface area contributed by atoms with E-state index in [2.05, 4.69) is 38.7 Å². The number of rotatable bonds is 4. The molecule has 0 aliphatic heterocycles. The number of benzene rings is 1. The minimum absolute atomic E-state index is 0. The maximum Gasteiger partial charge on any atom is 2.00 e. The van der Waals surface area contributed by atoms with Crippen LogP contribution in [-0.2, 0) is 17.1 Å². The molecule has 0 N–H and O–H groups in total. The summed E-state index contributed by atoms with van der Waals surface area (Å²) in [5.41, 5.74) is 1.18. The second-order valence-electron chi connectivity index (χ2n) is 5.01. The first-order chi connectivity index (χ1) is 10.8. The molecule has 1 aromatic rings. The molecular formula is C20H22FeO2+2. The smallest absolute Gasteiger partial charge is 0.497 e. The van der Waals surface area contributed by atoms with Crippen LogP contribution in [0.25, 0.3) is 0 Å². The maximum atomic E-state index is 5.43. The van der Waals surface area contributed by atoms with Crippen molar-refractivity contribution in [3.05, 3.63) is 87.5 Å².